The number of H-pyrrole nitrogens is 2. The molecule has 2 heterocycles. The van der Waals surface area contributed by atoms with Gasteiger partial charge in [-0.1, -0.05) is 0 Å². The number of aromatic nitrogens is 2. The van der Waals surface area contributed by atoms with Gasteiger partial charge in [0.2, 0.25) is 10.0 Å². The first-order chi connectivity index (χ1) is 9.34. The molecule has 1 aromatic rings. The van der Waals surface area contributed by atoms with Crippen LogP contribution in [0.25, 0.3) is 0 Å². The van der Waals surface area contributed by atoms with Crippen LogP contribution in [0.1, 0.15) is 6.92 Å². The van der Waals surface area contributed by atoms with Gasteiger partial charge in [-0.3, -0.25) is 9.78 Å². The number of hydrogen-bond acceptors (Lipinski definition) is 6. The minimum Gasteiger partial charge on any atom is -0.394 e. The lowest BCUT2D eigenvalue weighted by Crippen LogP contribution is -2.51. The molecule has 1 fully saturated rings. The average molecular weight is 305 g/mol. The topological polar surface area (TPSA) is 133 Å². The molecule has 0 bridgehead atoms. The van der Waals surface area contributed by atoms with Gasteiger partial charge >= 0.3 is 5.69 Å². The standard InChI is InChI=1S/C10H15N3O6S/c1-6-3-13(4-7(5-14)19-6)20(17,18)8-2-11-10(16)12-9(8)15/h2,6-7,14H,3-5H2,1H3,(H2,11,12,15,16). The highest BCUT2D eigenvalue weighted by Crippen LogP contribution is 2.18. The minimum absolute atomic E-state index is 0.0538. The quantitative estimate of drug-likeness (QED) is 0.582. The van der Waals surface area contributed by atoms with Gasteiger partial charge in [-0.2, -0.15) is 4.31 Å². The SMILES string of the molecule is CC1CN(S(=O)(=O)c2c[nH]c(=O)[nH]c2=O)CC(CO)O1. The molecule has 2 atom stereocenters. The molecule has 0 spiro atoms. The lowest BCUT2D eigenvalue weighted by Gasteiger charge is -2.34. The minimum atomic E-state index is -4.06. The van der Waals surface area contributed by atoms with E-state index in [2.05, 4.69) is 4.98 Å². The van der Waals surface area contributed by atoms with Crippen molar-refractivity contribution in [1.82, 2.24) is 14.3 Å². The molecule has 1 aliphatic heterocycles. The zero-order valence-electron chi connectivity index (χ0n) is 10.7. The van der Waals surface area contributed by atoms with Gasteiger partial charge in [0.1, 0.15) is 0 Å². The highest BCUT2D eigenvalue weighted by molar-refractivity contribution is 7.89. The molecule has 3 N–H and O–H groups in total. The van der Waals surface area contributed by atoms with E-state index in [0.717, 1.165) is 10.5 Å². The van der Waals surface area contributed by atoms with Crippen molar-refractivity contribution in [2.24, 2.45) is 0 Å². The van der Waals surface area contributed by atoms with Gasteiger partial charge in [0.25, 0.3) is 5.56 Å². The normalized spacial score (nSPS) is 24.7. The fourth-order valence-electron chi connectivity index (χ4n) is 2.03. The molecule has 0 aromatic carbocycles. The summed E-state index contributed by atoms with van der Waals surface area (Å²) in [4.78, 5) is 26.0. The number of sulfonamides is 1. The van der Waals surface area contributed by atoms with Gasteiger partial charge in [-0.25, -0.2) is 13.2 Å². The monoisotopic (exact) mass is 305 g/mol. The van der Waals surface area contributed by atoms with Crippen LogP contribution in [0.3, 0.4) is 0 Å². The predicted molar refractivity (Wildman–Crippen MR) is 67.9 cm³/mol. The summed E-state index contributed by atoms with van der Waals surface area (Å²) in [5, 5.41) is 9.09. The molecule has 1 aromatic heterocycles. The summed E-state index contributed by atoms with van der Waals surface area (Å²) in [6.07, 6.45) is -0.183. The number of hydrogen-bond donors (Lipinski definition) is 3. The van der Waals surface area contributed by atoms with Crippen molar-refractivity contribution in [3.8, 4) is 0 Å². The summed E-state index contributed by atoms with van der Waals surface area (Å²) in [5.74, 6) is 0. The molecule has 9 nitrogen and oxygen atoms in total. The van der Waals surface area contributed by atoms with Crippen molar-refractivity contribution in [3.63, 3.8) is 0 Å². The maximum absolute atomic E-state index is 12.4. The van der Waals surface area contributed by atoms with Crippen molar-refractivity contribution in [3.05, 3.63) is 27.0 Å². The Morgan fingerprint density at radius 2 is 2.15 bits per heavy atom. The third kappa shape index (κ3) is 2.82. The van der Waals surface area contributed by atoms with E-state index < -0.39 is 38.4 Å². The molecule has 0 saturated carbocycles. The van der Waals surface area contributed by atoms with E-state index in [0.29, 0.717) is 0 Å². The third-order valence-electron chi connectivity index (χ3n) is 2.90. The van der Waals surface area contributed by atoms with Crippen molar-refractivity contribution in [2.45, 2.75) is 24.0 Å². The van der Waals surface area contributed by atoms with Crippen LogP contribution < -0.4 is 11.2 Å². The van der Waals surface area contributed by atoms with E-state index in [9.17, 15) is 18.0 Å². The van der Waals surface area contributed by atoms with E-state index in [-0.39, 0.29) is 19.7 Å². The third-order valence-corrected chi connectivity index (χ3v) is 4.74. The molecule has 1 aliphatic rings. The second-order valence-electron chi connectivity index (χ2n) is 4.51. The summed E-state index contributed by atoms with van der Waals surface area (Å²) in [5.41, 5.74) is -1.76. The number of ether oxygens (including phenoxy) is 1. The lowest BCUT2D eigenvalue weighted by molar-refractivity contribution is -0.0750. The molecule has 112 valence electrons. The summed E-state index contributed by atoms with van der Waals surface area (Å²) in [7, 11) is -4.06. The van der Waals surface area contributed by atoms with Gasteiger partial charge < -0.3 is 14.8 Å². The van der Waals surface area contributed by atoms with Crippen molar-refractivity contribution >= 4 is 10.0 Å². The fourth-order valence-corrected chi connectivity index (χ4v) is 3.57. The second kappa shape index (κ2) is 5.48. The summed E-state index contributed by atoms with van der Waals surface area (Å²) in [6.45, 7) is 1.36. The zero-order valence-corrected chi connectivity index (χ0v) is 11.5. The number of aliphatic hydroxyl groups excluding tert-OH is 1. The van der Waals surface area contributed by atoms with E-state index in [1.54, 1.807) is 6.92 Å². The molecule has 10 heteroatoms. The Morgan fingerprint density at radius 1 is 1.45 bits per heavy atom. The van der Waals surface area contributed by atoms with Crippen molar-refractivity contribution in [1.29, 1.82) is 0 Å². The summed E-state index contributed by atoms with van der Waals surface area (Å²) in [6, 6.07) is 0. The molecule has 0 amide bonds. The second-order valence-corrected chi connectivity index (χ2v) is 6.42. The summed E-state index contributed by atoms with van der Waals surface area (Å²) >= 11 is 0. The molecular formula is C10H15N3O6S. The van der Waals surface area contributed by atoms with Crippen molar-refractivity contribution < 1.29 is 18.3 Å². The Bertz CT molecular complexity index is 693. The van der Waals surface area contributed by atoms with Gasteiger partial charge in [0.05, 0.1) is 18.8 Å². The van der Waals surface area contributed by atoms with Crippen molar-refractivity contribution in [2.75, 3.05) is 19.7 Å². The molecule has 20 heavy (non-hydrogen) atoms. The maximum Gasteiger partial charge on any atom is 0.325 e. The summed E-state index contributed by atoms with van der Waals surface area (Å²) < 4.78 is 31.2. The van der Waals surface area contributed by atoms with Gasteiger partial charge in [-0.05, 0) is 6.92 Å². The first-order valence-electron chi connectivity index (χ1n) is 5.93. The highest BCUT2D eigenvalue weighted by atomic mass is 32.2. The van der Waals surface area contributed by atoms with Gasteiger partial charge in [-0.15, -0.1) is 0 Å². The molecule has 2 unspecified atom stereocenters. The first-order valence-corrected chi connectivity index (χ1v) is 7.37. The number of nitrogens with zero attached hydrogens (tertiary/aromatic N) is 1. The Kier molecular flexibility index (Phi) is 4.09. The van der Waals surface area contributed by atoms with Crippen LogP contribution in [0.2, 0.25) is 0 Å². The van der Waals surface area contributed by atoms with E-state index in [1.165, 1.54) is 0 Å². The fraction of sp³-hybridized carbons (Fsp3) is 0.600. The number of morpholine rings is 1. The average Bonchev–Trinajstić information content (AvgIpc) is 2.37. The Balaban J connectivity index is 2.39. The molecule has 1 saturated heterocycles. The number of aliphatic hydroxyl groups is 1. The van der Waals surface area contributed by atoms with Crippen LogP contribution in [0.5, 0.6) is 0 Å². The van der Waals surface area contributed by atoms with Crippen LogP contribution in [-0.4, -0.2) is 59.7 Å². The largest absolute Gasteiger partial charge is 0.394 e. The number of nitrogens with one attached hydrogen (secondary N) is 2. The Morgan fingerprint density at radius 3 is 2.75 bits per heavy atom. The first kappa shape index (κ1) is 14.9. The lowest BCUT2D eigenvalue weighted by atomic mass is 10.2. The van der Waals surface area contributed by atoms with Crippen LogP contribution in [0.4, 0.5) is 0 Å². The van der Waals surface area contributed by atoms with Crippen LogP contribution in [0.15, 0.2) is 20.7 Å². The van der Waals surface area contributed by atoms with Crippen LogP contribution >= 0.6 is 0 Å². The zero-order chi connectivity index (χ0) is 14.9. The maximum atomic E-state index is 12.4. The molecular weight excluding hydrogens is 290 g/mol. The van der Waals surface area contributed by atoms with E-state index in [1.807, 2.05) is 4.98 Å². The van der Waals surface area contributed by atoms with Crippen LogP contribution in [-0.2, 0) is 14.8 Å². The number of aromatic amines is 2. The highest BCUT2D eigenvalue weighted by Gasteiger charge is 2.35. The Labute approximate surface area is 114 Å². The van der Waals surface area contributed by atoms with Gasteiger partial charge in [0, 0.05) is 19.3 Å². The molecule has 0 aliphatic carbocycles. The number of rotatable bonds is 3. The van der Waals surface area contributed by atoms with Crippen LogP contribution in [0, 0.1) is 0 Å². The van der Waals surface area contributed by atoms with Gasteiger partial charge in [0.15, 0.2) is 4.90 Å². The van der Waals surface area contributed by atoms with E-state index in [4.69, 9.17) is 9.84 Å². The Hall–Kier alpha value is -1.49. The van der Waals surface area contributed by atoms with E-state index >= 15 is 0 Å². The molecule has 0 radical (unpaired) electrons. The molecule has 2 rings (SSSR count). The smallest absolute Gasteiger partial charge is 0.325 e. The predicted octanol–water partition coefficient (Wildman–Crippen LogP) is -2.17.